The van der Waals surface area contributed by atoms with Crippen molar-refractivity contribution < 1.29 is 14.3 Å². The third-order valence-electron chi connectivity index (χ3n) is 6.21. The molecule has 5 rings (SSSR count). The van der Waals surface area contributed by atoms with Crippen LogP contribution in [0.1, 0.15) is 30.9 Å². The summed E-state index contributed by atoms with van der Waals surface area (Å²) in [5, 5.41) is 2.33. The summed E-state index contributed by atoms with van der Waals surface area (Å²) < 4.78 is 12.1. The van der Waals surface area contributed by atoms with Gasteiger partial charge in [0.15, 0.2) is 5.60 Å². The molecule has 2 unspecified atom stereocenters. The second kappa shape index (κ2) is 6.85. The van der Waals surface area contributed by atoms with Crippen molar-refractivity contribution in [2.75, 3.05) is 13.2 Å². The van der Waals surface area contributed by atoms with E-state index in [0.29, 0.717) is 24.5 Å². The van der Waals surface area contributed by atoms with Gasteiger partial charge >= 0.3 is 5.97 Å². The van der Waals surface area contributed by atoms with E-state index in [1.165, 1.54) is 10.9 Å². The molecule has 3 aromatic rings. The molecule has 0 aromatic heterocycles. The average molecular weight is 384 g/mol. The molecule has 1 heterocycles. The minimum atomic E-state index is -0.848. The Kier molecular flexibility index (Phi) is 4.29. The molecule has 1 saturated heterocycles. The first-order valence-electron chi connectivity index (χ1n) is 10.2. The average Bonchev–Trinajstić information content (AvgIpc) is 3.24. The zero-order chi connectivity index (χ0) is 20.0. The molecule has 0 bridgehead atoms. The Morgan fingerprint density at radius 2 is 1.79 bits per heavy atom. The first kappa shape index (κ1) is 18.1. The van der Waals surface area contributed by atoms with Gasteiger partial charge in [-0.3, -0.25) is 0 Å². The molecular formula is C26H24O3. The van der Waals surface area contributed by atoms with Crippen molar-refractivity contribution in [1.29, 1.82) is 0 Å². The highest BCUT2D eigenvalue weighted by molar-refractivity contribution is 6.03. The second-order valence-electron chi connectivity index (χ2n) is 8.19. The quantitative estimate of drug-likeness (QED) is 0.433. The van der Waals surface area contributed by atoms with E-state index < -0.39 is 5.60 Å². The molecule has 2 atom stereocenters. The number of hydrogen-bond acceptors (Lipinski definition) is 3. The SMILES string of the molecule is C=C(C)C(=O)OC1(CC2CCOC2)c2ccccc2-c2cccc3cccc1c23. The predicted molar refractivity (Wildman–Crippen MR) is 115 cm³/mol. The van der Waals surface area contributed by atoms with Crippen molar-refractivity contribution in [3.8, 4) is 11.1 Å². The minimum absolute atomic E-state index is 0.335. The summed E-state index contributed by atoms with van der Waals surface area (Å²) in [4.78, 5) is 12.9. The fraction of sp³-hybridized carbons (Fsp3) is 0.269. The maximum absolute atomic E-state index is 12.9. The monoisotopic (exact) mass is 384 g/mol. The van der Waals surface area contributed by atoms with Crippen molar-refractivity contribution in [3.63, 3.8) is 0 Å². The van der Waals surface area contributed by atoms with Gasteiger partial charge in [-0.05, 0) is 41.2 Å². The predicted octanol–water partition coefficient (Wildman–Crippen LogP) is 5.61. The Labute approximate surface area is 171 Å². The Morgan fingerprint density at radius 1 is 1.07 bits per heavy atom. The number of carbonyl (C=O) groups is 1. The molecular weight excluding hydrogens is 360 g/mol. The van der Waals surface area contributed by atoms with E-state index in [9.17, 15) is 4.79 Å². The van der Waals surface area contributed by atoms with Gasteiger partial charge < -0.3 is 9.47 Å². The van der Waals surface area contributed by atoms with Gasteiger partial charge in [-0.1, -0.05) is 67.2 Å². The summed E-state index contributed by atoms with van der Waals surface area (Å²) in [6.07, 6.45) is 1.68. The number of esters is 1. The number of fused-ring (bicyclic) bond motifs is 2. The summed E-state index contributed by atoms with van der Waals surface area (Å²) in [5.74, 6) is -0.0170. The summed E-state index contributed by atoms with van der Waals surface area (Å²) in [5.41, 5.74) is 4.00. The first-order chi connectivity index (χ1) is 14.1. The van der Waals surface area contributed by atoms with Crippen molar-refractivity contribution in [2.24, 2.45) is 5.92 Å². The van der Waals surface area contributed by atoms with Crippen LogP contribution >= 0.6 is 0 Å². The molecule has 0 amide bonds. The maximum Gasteiger partial charge on any atom is 0.334 e. The largest absolute Gasteiger partial charge is 0.446 e. The summed E-state index contributed by atoms with van der Waals surface area (Å²) in [6.45, 7) is 7.00. The zero-order valence-corrected chi connectivity index (χ0v) is 16.6. The van der Waals surface area contributed by atoms with Crippen LogP contribution in [0.15, 0.2) is 72.8 Å². The van der Waals surface area contributed by atoms with E-state index in [4.69, 9.17) is 9.47 Å². The van der Waals surface area contributed by atoms with Crippen LogP contribution in [0.25, 0.3) is 21.9 Å². The van der Waals surface area contributed by atoms with Crippen molar-refractivity contribution in [1.82, 2.24) is 0 Å². The third-order valence-corrected chi connectivity index (χ3v) is 6.21. The Bertz CT molecular complexity index is 1120. The van der Waals surface area contributed by atoms with E-state index in [2.05, 4.69) is 61.2 Å². The molecule has 3 nitrogen and oxygen atoms in total. The Balaban J connectivity index is 1.83. The van der Waals surface area contributed by atoms with Crippen LogP contribution in [-0.2, 0) is 19.9 Å². The van der Waals surface area contributed by atoms with Gasteiger partial charge in [0.1, 0.15) is 0 Å². The maximum atomic E-state index is 12.9. The van der Waals surface area contributed by atoms with Gasteiger partial charge in [0.05, 0.1) is 0 Å². The Morgan fingerprint density at radius 3 is 2.55 bits per heavy atom. The van der Waals surface area contributed by atoms with E-state index >= 15 is 0 Å². The topological polar surface area (TPSA) is 35.5 Å². The van der Waals surface area contributed by atoms with Crippen LogP contribution in [0.3, 0.4) is 0 Å². The van der Waals surface area contributed by atoms with Gasteiger partial charge in [-0.2, -0.15) is 0 Å². The highest BCUT2D eigenvalue weighted by Gasteiger charge is 2.46. The van der Waals surface area contributed by atoms with Gasteiger partial charge in [-0.25, -0.2) is 4.79 Å². The highest BCUT2D eigenvalue weighted by atomic mass is 16.6. The van der Waals surface area contributed by atoms with Crippen LogP contribution < -0.4 is 0 Å². The number of carbonyl (C=O) groups excluding carboxylic acids is 1. The molecule has 0 spiro atoms. The lowest BCUT2D eigenvalue weighted by Gasteiger charge is -2.41. The molecule has 0 N–H and O–H groups in total. The molecule has 29 heavy (non-hydrogen) atoms. The van der Waals surface area contributed by atoms with E-state index in [0.717, 1.165) is 35.1 Å². The fourth-order valence-electron chi connectivity index (χ4n) is 4.88. The lowest BCUT2D eigenvalue weighted by molar-refractivity contribution is -0.153. The van der Waals surface area contributed by atoms with Crippen LogP contribution in [0, 0.1) is 5.92 Å². The zero-order valence-electron chi connectivity index (χ0n) is 16.6. The lowest BCUT2D eigenvalue weighted by atomic mass is 9.70. The van der Waals surface area contributed by atoms with E-state index in [1.807, 2.05) is 6.07 Å². The van der Waals surface area contributed by atoms with Gasteiger partial charge in [0.25, 0.3) is 0 Å². The van der Waals surface area contributed by atoms with E-state index in [-0.39, 0.29) is 5.97 Å². The van der Waals surface area contributed by atoms with Crippen LogP contribution in [-0.4, -0.2) is 19.2 Å². The molecule has 3 aromatic carbocycles. The van der Waals surface area contributed by atoms with Crippen molar-refractivity contribution in [2.45, 2.75) is 25.4 Å². The van der Waals surface area contributed by atoms with Crippen LogP contribution in [0.4, 0.5) is 0 Å². The number of rotatable bonds is 4. The van der Waals surface area contributed by atoms with Gasteiger partial charge in [-0.15, -0.1) is 0 Å². The molecule has 2 aliphatic rings. The fourth-order valence-corrected chi connectivity index (χ4v) is 4.88. The Hall–Kier alpha value is -2.91. The summed E-state index contributed by atoms with van der Waals surface area (Å²) in [7, 11) is 0. The number of benzene rings is 3. The summed E-state index contributed by atoms with van der Waals surface area (Å²) >= 11 is 0. The van der Waals surface area contributed by atoms with Crippen molar-refractivity contribution in [3.05, 3.63) is 83.9 Å². The minimum Gasteiger partial charge on any atom is -0.446 e. The van der Waals surface area contributed by atoms with Crippen LogP contribution in [0.5, 0.6) is 0 Å². The first-order valence-corrected chi connectivity index (χ1v) is 10.2. The highest BCUT2D eigenvalue weighted by Crippen LogP contribution is 2.52. The number of ether oxygens (including phenoxy) is 2. The lowest BCUT2D eigenvalue weighted by Crippen LogP contribution is -2.38. The summed E-state index contributed by atoms with van der Waals surface area (Å²) in [6, 6.07) is 21.0. The molecule has 0 radical (unpaired) electrons. The molecule has 146 valence electrons. The van der Waals surface area contributed by atoms with Gasteiger partial charge in [0.2, 0.25) is 0 Å². The molecule has 3 heteroatoms. The standard InChI is InChI=1S/C26H24O3/c1-17(2)25(27)29-26(15-18-13-14-28-16-18)22-11-4-3-9-20(22)21-10-5-7-19-8-6-12-23(26)24(19)21/h3-12,18H,1,13-16H2,2H3. The molecule has 1 aliphatic carbocycles. The molecule has 1 fully saturated rings. The second-order valence-corrected chi connectivity index (χ2v) is 8.19. The smallest absolute Gasteiger partial charge is 0.334 e. The van der Waals surface area contributed by atoms with Crippen molar-refractivity contribution >= 4 is 16.7 Å². The van der Waals surface area contributed by atoms with E-state index in [1.54, 1.807) is 6.92 Å². The van der Waals surface area contributed by atoms with Gasteiger partial charge in [0, 0.05) is 36.3 Å². The van der Waals surface area contributed by atoms with Crippen LogP contribution in [0.2, 0.25) is 0 Å². The third kappa shape index (κ3) is 2.80. The normalized spacial score (nSPS) is 22.3. The molecule has 1 aliphatic heterocycles. The molecule has 0 saturated carbocycles. The number of hydrogen-bond donors (Lipinski definition) is 0.